The third kappa shape index (κ3) is 5.84. The Bertz CT molecular complexity index is 351. The minimum Gasteiger partial charge on any atom is -0.357 e. The molecule has 0 radical (unpaired) electrons. The van der Waals surface area contributed by atoms with E-state index >= 15 is 0 Å². The predicted molar refractivity (Wildman–Crippen MR) is 77.2 cm³/mol. The Labute approximate surface area is 112 Å². The Hall–Kier alpha value is -0.870. The zero-order valence-electron chi connectivity index (χ0n) is 10.2. The largest absolute Gasteiger partial charge is 0.357 e. The fourth-order valence-electron chi connectivity index (χ4n) is 1.26. The fraction of sp³-hybridized carbons (Fsp3) is 0.417. The Morgan fingerprint density at radius 3 is 2.59 bits per heavy atom. The lowest BCUT2D eigenvalue weighted by molar-refractivity contribution is 0.860. The molecule has 0 aliphatic carbocycles. The first-order valence-corrected chi connectivity index (χ1v) is 6.95. The van der Waals surface area contributed by atoms with Crippen LogP contribution in [0.15, 0.2) is 34.2 Å². The van der Waals surface area contributed by atoms with Crippen molar-refractivity contribution >= 4 is 29.3 Å². The van der Waals surface area contributed by atoms with Crippen molar-refractivity contribution in [2.75, 3.05) is 25.9 Å². The average molecular weight is 272 g/mol. The molecular weight excluding hydrogens is 254 g/mol. The van der Waals surface area contributed by atoms with Crippen molar-refractivity contribution in [3.8, 4) is 0 Å². The molecule has 0 fully saturated rings. The van der Waals surface area contributed by atoms with Crippen LogP contribution in [0.4, 0.5) is 0 Å². The normalized spacial score (nSPS) is 11.4. The van der Waals surface area contributed by atoms with Gasteiger partial charge in [0, 0.05) is 35.8 Å². The summed E-state index contributed by atoms with van der Waals surface area (Å²) in [6.07, 6.45) is 0. The lowest BCUT2D eigenvalue weighted by Gasteiger charge is -2.09. The number of hydrogen-bond donors (Lipinski definition) is 2. The molecule has 17 heavy (non-hydrogen) atoms. The van der Waals surface area contributed by atoms with E-state index in [1.807, 2.05) is 24.3 Å². The number of guanidine groups is 1. The second-order valence-electron chi connectivity index (χ2n) is 3.33. The van der Waals surface area contributed by atoms with Crippen LogP contribution < -0.4 is 10.6 Å². The maximum absolute atomic E-state index is 5.82. The zero-order valence-corrected chi connectivity index (χ0v) is 11.7. The highest BCUT2D eigenvalue weighted by Crippen LogP contribution is 2.19. The smallest absolute Gasteiger partial charge is 0.190 e. The Morgan fingerprint density at radius 1 is 1.29 bits per heavy atom. The number of rotatable bonds is 5. The van der Waals surface area contributed by atoms with Crippen molar-refractivity contribution in [3.63, 3.8) is 0 Å². The van der Waals surface area contributed by atoms with E-state index in [-0.39, 0.29) is 0 Å². The molecule has 0 saturated heterocycles. The predicted octanol–water partition coefficient (Wildman–Crippen LogP) is 2.62. The van der Waals surface area contributed by atoms with Gasteiger partial charge in [-0.1, -0.05) is 11.6 Å². The number of benzene rings is 1. The van der Waals surface area contributed by atoms with Gasteiger partial charge in [-0.15, -0.1) is 11.8 Å². The van der Waals surface area contributed by atoms with E-state index < -0.39 is 0 Å². The molecule has 1 rings (SSSR count). The molecule has 1 aromatic rings. The molecule has 2 N–H and O–H groups in total. The van der Waals surface area contributed by atoms with Crippen LogP contribution in [0.2, 0.25) is 5.02 Å². The maximum atomic E-state index is 5.82. The molecule has 0 aliphatic rings. The number of nitrogens with one attached hydrogen (secondary N) is 2. The first-order valence-electron chi connectivity index (χ1n) is 5.59. The lowest BCUT2D eigenvalue weighted by atomic mass is 10.4. The van der Waals surface area contributed by atoms with Crippen LogP contribution in [-0.2, 0) is 0 Å². The first kappa shape index (κ1) is 14.2. The third-order valence-corrected chi connectivity index (χ3v) is 3.31. The van der Waals surface area contributed by atoms with E-state index in [1.165, 1.54) is 4.90 Å². The molecule has 0 spiro atoms. The van der Waals surface area contributed by atoms with Crippen LogP contribution in [0.25, 0.3) is 0 Å². The summed E-state index contributed by atoms with van der Waals surface area (Å²) in [7, 11) is 1.78. The van der Waals surface area contributed by atoms with Crippen molar-refractivity contribution in [1.82, 2.24) is 10.6 Å². The van der Waals surface area contributed by atoms with Crippen LogP contribution >= 0.6 is 23.4 Å². The molecule has 5 heteroatoms. The molecule has 0 amide bonds. The Morgan fingerprint density at radius 2 is 2.00 bits per heavy atom. The summed E-state index contributed by atoms with van der Waals surface area (Å²) >= 11 is 7.62. The molecule has 0 heterocycles. The highest BCUT2D eigenvalue weighted by atomic mass is 35.5. The molecule has 0 atom stereocenters. The van der Waals surface area contributed by atoms with Gasteiger partial charge in [-0.25, -0.2) is 0 Å². The van der Waals surface area contributed by atoms with Gasteiger partial charge in [-0.05, 0) is 31.2 Å². The van der Waals surface area contributed by atoms with Crippen molar-refractivity contribution in [2.24, 2.45) is 4.99 Å². The van der Waals surface area contributed by atoms with E-state index in [9.17, 15) is 0 Å². The van der Waals surface area contributed by atoms with Gasteiger partial charge < -0.3 is 10.6 Å². The summed E-state index contributed by atoms with van der Waals surface area (Å²) in [5.74, 6) is 1.84. The minimum atomic E-state index is 0.778. The second kappa shape index (κ2) is 8.25. The number of aliphatic imine (C=N–C) groups is 1. The number of thioether (sulfide) groups is 1. The number of nitrogens with zero attached hydrogens (tertiary/aromatic N) is 1. The summed E-state index contributed by atoms with van der Waals surface area (Å²) < 4.78 is 0. The number of halogens is 1. The SMILES string of the molecule is CCNC(=NC)NCCSc1ccc(Cl)cc1. The monoisotopic (exact) mass is 271 g/mol. The van der Waals surface area contributed by atoms with Crippen molar-refractivity contribution in [3.05, 3.63) is 29.3 Å². The Balaban J connectivity index is 2.22. The first-order chi connectivity index (χ1) is 8.26. The molecule has 0 bridgehead atoms. The minimum absolute atomic E-state index is 0.778. The molecule has 0 unspecified atom stereocenters. The van der Waals surface area contributed by atoms with Crippen molar-refractivity contribution in [1.29, 1.82) is 0 Å². The van der Waals surface area contributed by atoms with Gasteiger partial charge in [-0.2, -0.15) is 0 Å². The van der Waals surface area contributed by atoms with Gasteiger partial charge in [0.2, 0.25) is 0 Å². The highest BCUT2D eigenvalue weighted by molar-refractivity contribution is 7.99. The van der Waals surface area contributed by atoms with Crippen LogP contribution in [0, 0.1) is 0 Å². The molecular formula is C12H18ClN3S. The summed E-state index contributed by atoms with van der Waals surface area (Å²) in [6, 6.07) is 7.89. The molecule has 0 aliphatic heterocycles. The quantitative estimate of drug-likeness (QED) is 0.374. The highest BCUT2D eigenvalue weighted by Gasteiger charge is 1.96. The van der Waals surface area contributed by atoms with Crippen LogP contribution in [-0.4, -0.2) is 31.8 Å². The molecule has 1 aromatic carbocycles. The average Bonchev–Trinajstić information content (AvgIpc) is 2.35. The molecule has 94 valence electrons. The van der Waals surface area contributed by atoms with Crippen LogP contribution in [0.1, 0.15) is 6.92 Å². The zero-order chi connectivity index (χ0) is 12.5. The maximum Gasteiger partial charge on any atom is 0.190 e. The topological polar surface area (TPSA) is 36.4 Å². The lowest BCUT2D eigenvalue weighted by Crippen LogP contribution is -2.38. The second-order valence-corrected chi connectivity index (χ2v) is 4.94. The Kier molecular flexibility index (Phi) is 6.89. The van der Waals surface area contributed by atoms with Crippen molar-refractivity contribution in [2.45, 2.75) is 11.8 Å². The summed E-state index contributed by atoms with van der Waals surface area (Å²) in [5.41, 5.74) is 0. The summed E-state index contributed by atoms with van der Waals surface area (Å²) in [4.78, 5) is 5.33. The molecule has 0 aromatic heterocycles. The van der Waals surface area contributed by atoms with Gasteiger partial charge in [0.25, 0.3) is 0 Å². The van der Waals surface area contributed by atoms with Crippen molar-refractivity contribution < 1.29 is 0 Å². The van der Waals surface area contributed by atoms with Gasteiger partial charge in [0.05, 0.1) is 0 Å². The molecule has 0 saturated carbocycles. The third-order valence-electron chi connectivity index (χ3n) is 2.04. The standard InChI is InChI=1S/C12H18ClN3S/c1-3-15-12(14-2)16-8-9-17-11-6-4-10(13)5-7-11/h4-7H,3,8-9H2,1-2H3,(H2,14,15,16). The van der Waals surface area contributed by atoms with E-state index in [0.717, 1.165) is 29.8 Å². The van der Waals surface area contributed by atoms with Gasteiger partial charge in [0.15, 0.2) is 5.96 Å². The van der Waals surface area contributed by atoms with Gasteiger partial charge in [-0.3, -0.25) is 4.99 Å². The van der Waals surface area contributed by atoms with Gasteiger partial charge in [0.1, 0.15) is 0 Å². The number of hydrogen-bond acceptors (Lipinski definition) is 2. The van der Waals surface area contributed by atoms with E-state index in [2.05, 4.69) is 22.5 Å². The van der Waals surface area contributed by atoms with E-state index in [4.69, 9.17) is 11.6 Å². The van der Waals surface area contributed by atoms with E-state index in [0.29, 0.717) is 0 Å². The van der Waals surface area contributed by atoms with Gasteiger partial charge >= 0.3 is 0 Å². The van der Waals surface area contributed by atoms with E-state index in [1.54, 1.807) is 18.8 Å². The van der Waals surface area contributed by atoms with Crippen LogP contribution in [0.5, 0.6) is 0 Å². The summed E-state index contributed by atoms with van der Waals surface area (Å²) in [6.45, 7) is 3.81. The molecule has 3 nitrogen and oxygen atoms in total. The summed E-state index contributed by atoms with van der Waals surface area (Å²) in [5, 5.41) is 7.17. The fourth-order valence-corrected chi connectivity index (χ4v) is 2.15. The van der Waals surface area contributed by atoms with Crippen LogP contribution in [0.3, 0.4) is 0 Å².